The Kier molecular flexibility index (Phi) is 5.81. The molecule has 1 fully saturated rings. The monoisotopic (exact) mass is 431 g/mol. The van der Waals surface area contributed by atoms with Gasteiger partial charge in [-0.25, -0.2) is 13.4 Å². The SMILES string of the molecule is COc1ccc(Nc2nc(-c3ccc(S(=O)(=O)N4CCOCC4)cc3)cs2)cc1. The van der Waals surface area contributed by atoms with Crippen LogP contribution in [0, 0.1) is 0 Å². The van der Waals surface area contributed by atoms with E-state index in [0.29, 0.717) is 26.3 Å². The lowest BCUT2D eigenvalue weighted by atomic mass is 10.2. The Morgan fingerprint density at radius 3 is 2.41 bits per heavy atom. The number of methoxy groups -OCH3 is 1. The molecule has 1 aliphatic rings. The van der Waals surface area contributed by atoms with Crippen molar-refractivity contribution >= 4 is 32.2 Å². The lowest BCUT2D eigenvalue weighted by Crippen LogP contribution is -2.40. The second-order valence-electron chi connectivity index (χ2n) is 6.43. The fourth-order valence-corrected chi connectivity index (χ4v) is 5.14. The molecule has 2 heterocycles. The highest BCUT2D eigenvalue weighted by molar-refractivity contribution is 7.89. The lowest BCUT2D eigenvalue weighted by Gasteiger charge is -2.26. The van der Waals surface area contributed by atoms with Crippen molar-refractivity contribution in [1.29, 1.82) is 0 Å². The first kappa shape index (κ1) is 19.8. The molecule has 29 heavy (non-hydrogen) atoms. The molecule has 0 aliphatic carbocycles. The Morgan fingerprint density at radius 1 is 1.07 bits per heavy atom. The highest BCUT2D eigenvalue weighted by atomic mass is 32.2. The summed E-state index contributed by atoms with van der Waals surface area (Å²) in [7, 11) is -1.86. The Bertz CT molecular complexity index is 1060. The van der Waals surface area contributed by atoms with E-state index in [1.807, 2.05) is 29.6 Å². The van der Waals surface area contributed by atoms with E-state index < -0.39 is 10.0 Å². The summed E-state index contributed by atoms with van der Waals surface area (Å²) in [5.41, 5.74) is 2.57. The van der Waals surface area contributed by atoms with Crippen molar-refractivity contribution < 1.29 is 17.9 Å². The molecule has 3 aromatic rings. The van der Waals surface area contributed by atoms with Crippen molar-refractivity contribution in [3.05, 3.63) is 53.9 Å². The standard InChI is InChI=1S/C20H21N3O4S2/c1-26-17-6-4-16(5-7-17)21-20-22-19(14-28-20)15-2-8-18(9-3-15)29(24,25)23-10-12-27-13-11-23/h2-9,14H,10-13H2,1H3,(H,21,22). The van der Waals surface area contributed by atoms with Gasteiger partial charge in [0.15, 0.2) is 5.13 Å². The number of ether oxygens (including phenoxy) is 2. The quantitative estimate of drug-likeness (QED) is 0.643. The number of sulfonamides is 1. The van der Waals surface area contributed by atoms with Gasteiger partial charge in [-0.1, -0.05) is 12.1 Å². The van der Waals surface area contributed by atoms with E-state index in [0.717, 1.165) is 27.8 Å². The van der Waals surface area contributed by atoms with Gasteiger partial charge in [0, 0.05) is 29.7 Å². The highest BCUT2D eigenvalue weighted by Crippen LogP contribution is 2.29. The molecule has 7 nitrogen and oxygen atoms in total. The molecule has 1 aromatic heterocycles. The Balaban J connectivity index is 1.48. The second-order valence-corrected chi connectivity index (χ2v) is 9.23. The van der Waals surface area contributed by atoms with Crippen LogP contribution in [0.3, 0.4) is 0 Å². The van der Waals surface area contributed by atoms with E-state index in [-0.39, 0.29) is 4.90 Å². The number of aromatic nitrogens is 1. The van der Waals surface area contributed by atoms with Gasteiger partial charge in [-0.15, -0.1) is 11.3 Å². The van der Waals surface area contributed by atoms with Crippen LogP contribution in [-0.2, 0) is 14.8 Å². The number of rotatable bonds is 6. The summed E-state index contributed by atoms with van der Waals surface area (Å²) in [6.07, 6.45) is 0. The summed E-state index contributed by atoms with van der Waals surface area (Å²) in [4.78, 5) is 4.89. The molecule has 0 bridgehead atoms. The molecule has 1 saturated heterocycles. The minimum atomic E-state index is -3.49. The third-order valence-corrected chi connectivity index (χ3v) is 7.27. The van der Waals surface area contributed by atoms with Crippen molar-refractivity contribution in [2.45, 2.75) is 4.90 Å². The average molecular weight is 432 g/mol. The van der Waals surface area contributed by atoms with Crippen molar-refractivity contribution in [2.24, 2.45) is 0 Å². The van der Waals surface area contributed by atoms with Crippen LogP contribution < -0.4 is 10.1 Å². The molecular formula is C20H21N3O4S2. The van der Waals surface area contributed by atoms with Crippen LogP contribution in [0.15, 0.2) is 58.8 Å². The summed E-state index contributed by atoms with van der Waals surface area (Å²) < 4.78 is 37.3. The molecule has 0 spiro atoms. The summed E-state index contributed by atoms with van der Waals surface area (Å²) in [5, 5.41) is 5.96. The zero-order valence-electron chi connectivity index (χ0n) is 15.9. The third kappa shape index (κ3) is 4.43. The number of thiazole rings is 1. The average Bonchev–Trinajstić information content (AvgIpc) is 3.23. The van der Waals surface area contributed by atoms with Crippen LogP contribution in [0.5, 0.6) is 5.75 Å². The Morgan fingerprint density at radius 2 is 1.76 bits per heavy atom. The normalized spacial score (nSPS) is 15.2. The van der Waals surface area contributed by atoms with Crippen molar-refractivity contribution in [1.82, 2.24) is 9.29 Å². The van der Waals surface area contributed by atoms with Gasteiger partial charge in [-0.2, -0.15) is 4.31 Å². The second kappa shape index (κ2) is 8.50. The molecule has 2 aromatic carbocycles. The number of hydrogen-bond acceptors (Lipinski definition) is 7. The molecule has 0 atom stereocenters. The maximum Gasteiger partial charge on any atom is 0.243 e. The van der Waals surface area contributed by atoms with E-state index in [1.165, 1.54) is 15.6 Å². The zero-order chi connectivity index (χ0) is 20.3. The minimum Gasteiger partial charge on any atom is -0.497 e. The number of morpholine rings is 1. The van der Waals surface area contributed by atoms with E-state index in [1.54, 1.807) is 31.4 Å². The number of nitrogens with one attached hydrogen (secondary N) is 1. The van der Waals surface area contributed by atoms with Gasteiger partial charge in [0.05, 0.1) is 30.9 Å². The third-order valence-electron chi connectivity index (χ3n) is 4.60. The minimum absolute atomic E-state index is 0.287. The van der Waals surface area contributed by atoms with Gasteiger partial charge in [0.25, 0.3) is 0 Å². The van der Waals surface area contributed by atoms with Crippen LogP contribution in [0.25, 0.3) is 11.3 Å². The molecule has 0 unspecified atom stereocenters. The molecule has 0 saturated carbocycles. The van der Waals surface area contributed by atoms with E-state index >= 15 is 0 Å². The van der Waals surface area contributed by atoms with E-state index in [4.69, 9.17) is 9.47 Å². The first-order valence-electron chi connectivity index (χ1n) is 9.11. The fourth-order valence-electron chi connectivity index (χ4n) is 3.00. The van der Waals surface area contributed by atoms with E-state index in [2.05, 4.69) is 10.3 Å². The first-order valence-corrected chi connectivity index (χ1v) is 11.4. The van der Waals surface area contributed by atoms with Gasteiger partial charge in [0.1, 0.15) is 5.75 Å². The van der Waals surface area contributed by atoms with Gasteiger partial charge in [0.2, 0.25) is 10.0 Å². The largest absolute Gasteiger partial charge is 0.497 e. The van der Waals surface area contributed by atoms with Gasteiger partial charge in [-0.05, 0) is 36.4 Å². The summed E-state index contributed by atoms with van der Waals surface area (Å²) >= 11 is 1.49. The first-order chi connectivity index (χ1) is 14.1. The van der Waals surface area contributed by atoms with Crippen molar-refractivity contribution in [3.63, 3.8) is 0 Å². The molecule has 0 radical (unpaired) electrons. The highest BCUT2D eigenvalue weighted by Gasteiger charge is 2.26. The predicted molar refractivity (Wildman–Crippen MR) is 113 cm³/mol. The predicted octanol–water partition coefficient (Wildman–Crippen LogP) is 3.58. The van der Waals surface area contributed by atoms with Gasteiger partial charge in [-0.3, -0.25) is 0 Å². The molecule has 152 valence electrons. The maximum atomic E-state index is 12.7. The van der Waals surface area contributed by atoms with E-state index in [9.17, 15) is 8.42 Å². The maximum absolute atomic E-state index is 12.7. The summed E-state index contributed by atoms with van der Waals surface area (Å²) in [6.45, 7) is 1.63. The van der Waals surface area contributed by atoms with Crippen LogP contribution in [0.2, 0.25) is 0 Å². The number of benzene rings is 2. The van der Waals surface area contributed by atoms with Crippen LogP contribution in [0.4, 0.5) is 10.8 Å². The molecule has 0 amide bonds. The number of anilines is 2. The summed E-state index contributed by atoms with van der Waals surface area (Å²) in [5.74, 6) is 0.794. The van der Waals surface area contributed by atoms with Crippen LogP contribution in [-0.4, -0.2) is 51.1 Å². The van der Waals surface area contributed by atoms with Gasteiger partial charge >= 0.3 is 0 Å². The molecule has 9 heteroatoms. The smallest absolute Gasteiger partial charge is 0.243 e. The molecule has 1 aliphatic heterocycles. The van der Waals surface area contributed by atoms with Gasteiger partial charge < -0.3 is 14.8 Å². The molecule has 4 rings (SSSR count). The topological polar surface area (TPSA) is 80.8 Å². The van der Waals surface area contributed by atoms with Crippen LogP contribution >= 0.6 is 11.3 Å². The fraction of sp³-hybridized carbons (Fsp3) is 0.250. The molecule has 1 N–H and O–H groups in total. The summed E-state index contributed by atoms with van der Waals surface area (Å²) in [6, 6.07) is 14.5. The van der Waals surface area contributed by atoms with Crippen LogP contribution in [0.1, 0.15) is 0 Å². The van der Waals surface area contributed by atoms with Crippen molar-refractivity contribution in [2.75, 3.05) is 38.7 Å². The number of hydrogen-bond donors (Lipinski definition) is 1. The van der Waals surface area contributed by atoms with Crippen molar-refractivity contribution in [3.8, 4) is 17.0 Å². The zero-order valence-corrected chi connectivity index (χ0v) is 17.5. The Hall–Kier alpha value is -2.46. The Labute approximate surface area is 174 Å². The lowest BCUT2D eigenvalue weighted by molar-refractivity contribution is 0.0730. The molecular weight excluding hydrogens is 410 g/mol. The number of nitrogens with zero attached hydrogens (tertiary/aromatic N) is 2.